The minimum Gasteiger partial charge on any atom is -0.434 e. The van der Waals surface area contributed by atoms with Crippen molar-refractivity contribution in [3.8, 4) is 5.75 Å². The Morgan fingerprint density at radius 2 is 2.00 bits per heavy atom. The Labute approximate surface area is 141 Å². The second kappa shape index (κ2) is 7.42. The van der Waals surface area contributed by atoms with Crippen molar-refractivity contribution in [3.05, 3.63) is 52.6 Å². The lowest BCUT2D eigenvalue weighted by Gasteiger charge is -2.20. The fraction of sp³-hybridized carbons (Fsp3) is 0.294. The molecule has 2 aromatic rings. The van der Waals surface area contributed by atoms with Crippen LogP contribution >= 0.6 is 0 Å². The van der Waals surface area contributed by atoms with Crippen LogP contribution in [0.4, 0.5) is 18.0 Å². The van der Waals surface area contributed by atoms with E-state index in [2.05, 4.69) is 11.3 Å². The van der Waals surface area contributed by atoms with Crippen molar-refractivity contribution in [2.24, 2.45) is 0 Å². The third-order valence-electron chi connectivity index (χ3n) is 3.62. The van der Waals surface area contributed by atoms with E-state index in [4.69, 9.17) is 4.74 Å². The molecular weight excluding hydrogens is 339 g/mol. The van der Waals surface area contributed by atoms with Gasteiger partial charge < -0.3 is 14.0 Å². The highest BCUT2D eigenvalue weighted by Gasteiger charge is 2.23. The van der Waals surface area contributed by atoms with Gasteiger partial charge in [-0.2, -0.15) is 0 Å². The molecule has 0 radical (unpaired) electrons. The van der Waals surface area contributed by atoms with Crippen LogP contribution in [0.25, 0.3) is 10.9 Å². The summed E-state index contributed by atoms with van der Waals surface area (Å²) in [5, 5.41) is -0.460. The van der Waals surface area contributed by atoms with Crippen LogP contribution in [0.3, 0.4) is 0 Å². The zero-order chi connectivity index (χ0) is 18.7. The molecule has 0 aliphatic carbocycles. The van der Waals surface area contributed by atoms with E-state index in [-0.39, 0.29) is 6.61 Å². The molecule has 0 saturated heterocycles. The molecule has 1 aromatic carbocycles. The molecule has 25 heavy (non-hydrogen) atoms. The topological polar surface area (TPSA) is 57.5 Å². The Morgan fingerprint density at radius 3 is 2.56 bits per heavy atom. The zero-order valence-electron chi connectivity index (χ0n) is 13.6. The molecule has 0 aliphatic heterocycles. The Hall–Kier alpha value is -2.77. The molecule has 8 heteroatoms. The van der Waals surface area contributed by atoms with Crippen LogP contribution in [0.2, 0.25) is 0 Å². The Morgan fingerprint density at radius 1 is 1.32 bits per heavy atom. The third kappa shape index (κ3) is 3.38. The molecular formula is C17H16F3NO4. The molecule has 1 atom stereocenters. The first kappa shape index (κ1) is 18.6. The minimum atomic E-state index is -1.70. The lowest BCUT2D eigenvalue weighted by atomic mass is 10.1. The van der Waals surface area contributed by atoms with Crippen LogP contribution in [-0.2, 0) is 4.74 Å². The number of hydrogen-bond acceptors (Lipinski definition) is 4. The van der Waals surface area contributed by atoms with Gasteiger partial charge in [0.25, 0.3) is 0 Å². The smallest absolute Gasteiger partial charge is 0.434 e. The summed E-state index contributed by atoms with van der Waals surface area (Å²) in [7, 11) is 0. The van der Waals surface area contributed by atoms with Gasteiger partial charge in [0.15, 0.2) is 23.2 Å². The molecule has 0 spiro atoms. The van der Waals surface area contributed by atoms with Gasteiger partial charge >= 0.3 is 6.16 Å². The highest BCUT2D eigenvalue weighted by atomic mass is 19.2. The maximum atomic E-state index is 14.3. The molecule has 1 heterocycles. The number of carbonyl (C=O) groups excluding carboxylic acids is 1. The summed E-state index contributed by atoms with van der Waals surface area (Å²) in [4.78, 5) is 23.9. The first-order chi connectivity index (χ1) is 11.8. The molecule has 1 aromatic heterocycles. The summed E-state index contributed by atoms with van der Waals surface area (Å²) < 4.78 is 52.1. The SMILES string of the molecule is C=CC(CC)n1cc(OC(=O)OCC)c(=O)c2cc(F)c(F)c(F)c21. The lowest BCUT2D eigenvalue weighted by Crippen LogP contribution is -2.21. The number of benzene rings is 1. The van der Waals surface area contributed by atoms with Gasteiger partial charge in [-0.25, -0.2) is 18.0 Å². The summed E-state index contributed by atoms with van der Waals surface area (Å²) in [5.74, 6) is -5.21. The highest BCUT2D eigenvalue weighted by molar-refractivity contribution is 5.82. The molecule has 1 unspecified atom stereocenters. The maximum absolute atomic E-state index is 14.3. The number of allylic oxidation sites excluding steroid dienone is 1. The Bertz CT molecular complexity index is 892. The fourth-order valence-corrected chi connectivity index (χ4v) is 2.44. The van der Waals surface area contributed by atoms with Crippen LogP contribution in [-0.4, -0.2) is 17.3 Å². The van der Waals surface area contributed by atoms with E-state index in [9.17, 15) is 22.8 Å². The predicted molar refractivity (Wildman–Crippen MR) is 85.3 cm³/mol. The van der Waals surface area contributed by atoms with Crippen LogP contribution < -0.4 is 10.2 Å². The monoisotopic (exact) mass is 355 g/mol. The second-order valence-corrected chi connectivity index (χ2v) is 5.11. The molecule has 0 fully saturated rings. The van der Waals surface area contributed by atoms with Gasteiger partial charge in [0, 0.05) is 0 Å². The number of ether oxygens (including phenoxy) is 2. The fourth-order valence-electron chi connectivity index (χ4n) is 2.44. The van der Waals surface area contributed by atoms with Gasteiger partial charge in [-0.1, -0.05) is 13.0 Å². The van der Waals surface area contributed by atoms with Gasteiger partial charge in [-0.3, -0.25) is 4.79 Å². The normalized spacial score (nSPS) is 12.0. The van der Waals surface area contributed by atoms with E-state index in [0.29, 0.717) is 12.5 Å². The summed E-state index contributed by atoms with van der Waals surface area (Å²) in [6.45, 7) is 6.91. The molecule has 0 bridgehead atoms. The maximum Gasteiger partial charge on any atom is 0.514 e. The van der Waals surface area contributed by atoms with E-state index >= 15 is 0 Å². The number of nitrogens with zero attached hydrogens (tertiary/aromatic N) is 1. The van der Waals surface area contributed by atoms with Gasteiger partial charge in [0.05, 0.1) is 29.7 Å². The number of rotatable bonds is 5. The minimum absolute atomic E-state index is 0.0132. The highest BCUT2D eigenvalue weighted by Crippen LogP contribution is 2.27. The summed E-state index contributed by atoms with van der Waals surface area (Å²) in [6, 6.07) is 0.0208. The molecule has 0 aliphatic rings. The number of pyridine rings is 1. The van der Waals surface area contributed by atoms with Crippen molar-refractivity contribution < 1.29 is 27.4 Å². The lowest BCUT2D eigenvalue weighted by molar-refractivity contribution is 0.103. The Kier molecular flexibility index (Phi) is 5.51. The van der Waals surface area contributed by atoms with E-state index < -0.39 is 51.7 Å². The summed E-state index contributed by atoms with van der Waals surface area (Å²) in [6.07, 6.45) is 1.77. The van der Waals surface area contributed by atoms with Crippen molar-refractivity contribution in [3.63, 3.8) is 0 Å². The Balaban J connectivity index is 2.84. The van der Waals surface area contributed by atoms with Crippen molar-refractivity contribution in [1.29, 1.82) is 0 Å². The third-order valence-corrected chi connectivity index (χ3v) is 3.62. The van der Waals surface area contributed by atoms with Crippen LogP contribution in [0.5, 0.6) is 5.75 Å². The number of hydrogen-bond donors (Lipinski definition) is 0. The molecule has 2 rings (SSSR count). The van der Waals surface area contributed by atoms with Crippen LogP contribution in [0, 0.1) is 17.5 Å². The quantitative estimate of drug-likeness (QED) is 0.460. The summed E-state index contributed by atoms with van der Waals surface area (Å²) in [5.41, 5.74) is -1.40. The first-order valence-electron chi connectivity index (χ1n) is 7.55. The van der Waals surface area contributed by atoms with Crippen molar-refractivity contribution >= 4 is 17.1 Å². The first-order valence-corrected chi connectivity index (χ1v) is 7.55. The standard InChI is InChI=1S/C17H16F3NO4/c1-4-9(5-2)21-8-12(25-17(23)24-6-3)16(22)10-7-11(18)13(19)14(20)15(10)21/h4,7-9H,1,5-6H2,2-3H3. The molecule has 0 saturated carbocycles. The largest absolute Gasteiger partial charge is 0.514 e. The number of fused-ring (bicyclic) bond motifs is 1. The van der Waals surface area contributed by atoms with Crippen molar-refractivity contribution in [2.45, 2.75) is 26.3 Å². The van der Waals surface area contributed by atoms with Gasteiger partial charge in [0.2, 0.25) is 5.43 Å². The average molecular weight is 355 g/mol. The molecule has 134 valence electrons. The van der Waals surface area contributed by atoms with Crippen LogP contribution in [0.1, 0.15) is 26.3 Å². The van der Waals surface area contributed by atoms with Crippen molar-refractivity contribution in [2.75, 3.05) is 6.61 Å². The van der Waals surface area contributed by atoms with E-state index in [1.54, 1.807) is 6.92 Å². The zero-order valence-corrected chi connectivity index (χ0v) is 13.6. The van der Waals surface area contributed by atoms with E-state index in [1.165, 1.54) is 17.6 Å². The average Bonchev–Trinajstić information content (AvgIpc) is 2.57. The number of aromatic nitrogens is 1. The molecule has 0 N–H and O–H groups in total. The predicted octanol–water partition coefficient (Wildman–Crippen LogP) is 4.09. The van der Waals surface area contributed by atoms with Gasteiger partial charge in [-0.15, -0.1) is 6.58 Å². The van der Waals surface area contributed by atoms with E-state index in [0.717, 1.165) is 6.20 Å². The second-order valence-electron chi connectivity index (χ2n) is 5.11. The number of halogens is 3. The van der Waals surface area contributed by atoms with E-state index in [1.807, 2.05) is 0 Å². The van der Waals surface area contributed by atoms with Crippen LogP contribution in [0.15, 0.2) is 29.7 Å². The van der Waals surface area contributed by atoms with Crippen molar-refractivity contribution in [1.82, 2.24) is 4.57 Å². The van der Waals surface area contributed by atoms with Gasteiger partial charge in [-0.05, 0) is 19.4 Å². The molecule has 0 amide bonds. The van der Waals surface area contributed by atoms with Gasteiger partial charge in [0.1, 0.15) is 0 Å². The number of carbonyl (C=O) groups is 1. The summed E-state index contributed by atoms with van der Waals surface area (Å²) >= 11 is 0. The molecule has 5 nitrogen and oxygen atoms in total.